The van der Waals surface area contributed by atoms with Crippen LogP contribution in [-0.2, 0) is 6.54 Å². The van der Waals surface area contributed by atoms with Crippen LogP contribution in [0.3, 0.4) is 0 Å². The van der Waals surface area contributed by atoms with Crippen molar-refractivity contribution in [3.8, 4) is 11.1 Å². The van der Waals surface area contributed by atoms with E-state index in [1.165, 1.54) is 6.07 Å². The minimum atomic E-state index is -1.08. The molecule has 0 atom stereocenters. The topological polar surface area (TPSA) is 94.0 Å². The number of carboxylic acids is 1. The number of carboxylic acid groups (broad SMARTS) is 1. The van der Waals surface area contributed by atoms with Gasteiger partial charge in [0.05, 0.1) is 6.20 Å². The summed E-state index contributed by atoms with van der Waals surface area (Å²) in [6, 6.07) is 1.50. The number of rotatable bonds is 3. The van der Waals surface area contributed by atoms with Crippen molar-refractivity contribution in [3.63, 3.8) is 0 Å². The van der Waals surface area contributed by atoms with E-state index in [1.807, 2.05) is 13.1 Å². The monoisotopic (exact) mass is 232 g/mol. The summed E-state index contributed by atoms with van der Waals surface area (Å²) in [7, 11) is 0. The largest absolute Gasteiger partial charge is 0.478 e. The number of anilines is 1. The van der Waals surface area contributed by atoms with Gasteiger partial charge in [-0.15, -0.1) is 0 Å². The van der Waals surface area contributed by atoms with Gasteiger partial charge in [0.2, 0.25) is 0 Å². The Labute approximate surface area is 97.7 Å². The average Bonchev–Trinajstić information content (AvgIpc) is 2.78. The highest BCUT2D eigenvalue weighted by Crippen LogP contribution is 2.21. The number of pyridine rings is 1. The summed E-state index contributed by atoms with van der Waals surface area (Å²) in [5, 5.41) is 13.1. The SMILES string of the molecule is CCn1cc(-c2cnc(N)c(C(=O)O)c2)cn1. The highest BCUT2D eigenvalue weighted by atomic mass is 16.4. The Hall–Kier alpha value is -2.37. The molecular weight excluding hydrogens is 220 g/mol. The van der Waals surface area contributed by atoms with Crippen molar-refractivity contribution in [2.75, 3.05) is 5.73 Å². The molecule has 0 aliphatic carbocycles. The third-order valence-corrected chi connectivity index (χ3v) is 2.44. The van der Waals surface area contributed by atoms with E-state index in [0.29, 0.717) is 5.56 Å². The zero-order valence-electron chi connectivity index (χ0n) is 9.29. The van der Waals surface area contributed by atoms with Crippen molar-refractivity contribution in [2.45, 2.75) is 13.5 Å². The van der Waals surface area contributed by atoms with Crippen molar-refractivity contribution in [3.05, 3.63) is 30.2 Å². The van der Waals surface area contributed by atoms with Crippen LogP contribution in [0, 0.1) is 0 Å². The molecule has 88 valence electrons. The minimum absolute atomic E-state index is 0.00625. The molecule has 2 aromatic heterocycles. The van der Waals surface area contributed by atoms with Crippen molar-refractivity contribution in [2.24, 2.45) is 0 Å². The van der Waals surface area contributed by atoms with E-state index < -0.39 is 5.97 Å². The van der Waals surface area contributed by atoms with Crippen LogP contribution in [0.15, 0.2) is 24.7 Å². The molecule has 0 aromatic carbocycles. The molecule has 0 amide bonds. The molecule has 0 aliphatic heterocycles. The summed E-state index contributed by atoms with van der Waals surface area (Å²) in [5.74, 6) is -1.07. The molecule has 0 spiro atoms. The van der Waals surface area contributed by atoms with Crippen LogP contribution in [0.1, 0.15) is 17.3 Å². The third-order valence-electron chi connectivity index (χ3n) is 2.44. The van der Waals surface area contributed by atoms with Gasteiger partial charge >= 0.3 is 5.97 Å². The fourth-order valence-corrected chi connectivity index (χ4v) is 1.49. The summed E-state index contributed by atoms with van der Waals surface area (Å²) < 4.78 is 1.76. The lowest BCUT2D eigenvalue weighted by atomic mass is 10.1. The first-order chi connectivity index (χ1) is 8.11. The Balaban J connectivity index is 2.46. The van der Waals surface area contributed by atoms with Crippen LogP contribution >= 0.6 is 0 Å². The van der Waals surface area contributed by atoms with Gasteiger partial charge in [0.1, 0.15) is 11.4 Å². The maximum absolute atomic E-state index is 10.9. The second kappa shape index (κ2) is 4.25. The van der Waals surface area contributed by atoms with Gasteiger partial charge in [-0.3, -0.25) is 4.68 Å². The summed E-state index contributed by atoms with van der Waals surface area (Å²) >= 11 is 0. The smallest absolute Gasteiger partial charge is 0.339 e. The Bertz CT molecular complexity index is 562. The molecule has 0 radical (unpaired) electrons. The number of hydrogen-bond donors (Lipinski definition) is 2. The molecule has 0 saturated carbocycles. The van der Waals surface area contributed by atoms with E-state index >= 15 is 0 Å². The third kappa shape index (κ3) is 2.10. The van der Waals surface area contributed by atoms with Crippen LogP contribution < -0.4 is 5.73 Å². The number of aromatic carboxylic acids is 1. The van der Waals surface area contributed by atoms with Gasteiger partial charge in [0.15, 0.2) is 0 Å². The number of nitrogens with two attached hydrogens (primary N) is 1. The Morgan fingerprint density at radius 2 is 2.24 bits per heavy atom. The predicted molar refractivity (Wildman–Crippen MR) is 62.5 cm³/mol. The average molecular weight is 232 g/mol. The van der Waals surface area contributed by atoms with Gasteiger partial charge in [-0.05, 0) is 13.0 Å². The van der Waals surface area contributed by atoms with Gasteiger partial charge in [-0.1, -0.05) is 0 Å². The highest BCUT2D eigenvalue weighted by Gasteiger charge is 2.11. The second-order valence-corrected chi connectivity index (χ2v) is 3.55. The second-order valence-electron chi connectivity index (χ2n) is 3.55. The van der Waals surface area contributed by atoms with Gasteiger partial charge < -0.3 is 10.8 Å². The Kier molecular flexibility index (Phi) is 2.78. The lowest BCUT2D eigenvalue weighted by molar-refractivity contribution is 0.0698. The number of carbonyl (C=O) groups is 1. The molecule has 0 bridgehead atoms. The van der Waals surface area contributed by atoms with Crippen LogP contribution in [0.2, 0.25) is 0 Å². The molecule has 3 N–H and O–H groups in total. The number of aromatic nitrogens is 3. The lowest BCUT2D eigenvalue weighted by Crippen LogP contribution is -2.04. The van der Waals surface area contributed by atoms with E-state index in [0.717, 1.165) is 12.1 Å². The molecule has 2 heterocycles. The first kappa shape index (κ1) is 11.1. The normalized spacial score (nSPS) is 10.4. The van der Waals surface area contributed by atoms with Crippen LogP contribution in [0.25, 0.3) is 11.1 Å². The van der Waals surface area contributed by atoms with Gasteiger partial charge in [0.25, 0.3) is 0 Å². The highest BCUT2D eigenvalue weighted by molar-refractivity contribution is 5.94. The fourth-order valence-electron chi connectivity index (χ4n) is 1.49. The summed E-state index contributed by atoms with van der Waals surface area (Å²) in [4.78, 5) is 14.8. The quantitative estimate of drug-likeness (QED) is 0.830. The fraction of sp³-hybridized carbons (Fsp3) is 0.182. The lowest BCUT2D eigenvalue weighted by Gasteiger charge is -2.02. The number of nitrogens with zero attached hydrogens (tertiary/aromatic N) is 3. The molecule has 6 nitrogen and oxygen atoms in total. The molecule has 2 aromatic rings. The zero-order chi connectivity index (χ0) is 12.4. The first-order valence-corrected chi connectivity index (χ1v) is 5.13. The maximum Gasteiger partial charge on any atom is 0.339 e. The van der Waals surface area contributed by atoms with Crippen molar-refractivity contribution in [1.29, 1.82) is 0 Å². The van der Waals surface area contributed by atoms with Crippen molar-refractivity contribution < 1.29 is 9.90 Å². The molecule has 17 heavy (non-hydrogen) atoms. The van der Waals surface area contributed by atoms with E-state index in [4.69, 9.17) is 10.8 Å². The molecule has 0 fully saturated rings. The number of nitrogen functional groups attached to an aromatic ring is 1. The minimum Gasteiger partial charge on any atom is -0.478 e. The molecule has 2 rings (SSSR count). The van der Waals surface area contributed by atoms with Gasteiger partial charge in [-0.2, -0.15) is 5.10 Å². The number of aryl methyl sites for hydroxylation is 1. The first-order valence-electron chi connectivity index (χ1n) is 5.13. The summed E-state index contributed by atoms with van der Waals surface area (Å²) in [6.45, 7) is 2.73. The summed E-state index contributed by atoms with van der Waals surface area (Å²) in [6.07, 6.45) is 5.04. The van der Waals surface area contributed by atoms with E-state index in [-0.39, 0.29) is 11.4 Å². The van der Waals surface area contributed by atoms with E-state index in [9.17, 15) is 4.79 Å². The number of hydrogen-bond acceptors (Lipinski definition) is 4. The molecule has 0 aliphatic rings. The molecule has 0 unspecified atom stereocenters. The standard InChI is InChI=1S/C11H12N4O2/c1-2-15-6-8(5-14-15)7-3-9(11(16)17)10(12)13-4-7/h3-6H,2H2,1H3,(H2,12,13)(H,16,17). The van der Waals surface area contributed by atoms with Gasteiger partial charge in [0, 0.05) is 30.1 Å². The Morgan fingerprint density at radius 3 is 2.82 bits per heavy atom. The van der Waals surface area contributed by atoms with Crippen molar-refractivity contribution >= 4 is 11.8 Å². The van der Waals surface area contributed by atoms with Crippen LogP contribution in [0.5, 0.6) is 0 Å². The molecule has 6 heteroatoms. The van der Waals surface area contributed by atoms with Gasteiger partial charge in [-0.25, -0.2) is 9.78 Å². The predicted octanol–water partition coefficient (Wildman–Crippen LogP) is 1.25. The zero-order valence-corrected chi connectivity index (χ0v) is 9.29. The Morgan fingerprint density at radius 1 is 1.47 bits per heavy atom. The maximum atomic E-state index is 10.9. The van der Waals surface area contributed by atoms with E-state index in [2.05, 4.69) is 10.1 Å². The van der Waals surface area contributed by atoms with Crippen molar-refractivity contribution in [1.82, 2.24) is 14.8 Å². The molecular formula is C11H12N4O2. The van der Waals surface area contributed by atoms with Crippen LogP contribution in [-0.4, -0.2) is 25.8 Å². The van der Waals surface area contributed by atoms with E-state index in [1.54, 1.807) is 17.1 Å². The van der Waals surface area contributed by atoms with Crippen LogP contribution in [0.4, 0.5) is 5.82 Å². The molecule has 0 saturated heterocycles. The summed E-state index contributed by atoms with van der Waals surface area (Å²) in [5.41, 5.74) is 7.01.